The lowest BCUT2D eigenvalue weighted by atomic mass is 10.1. The van der Waals surface area contributed by atoms with Gasteiger partial charge in [0.05, 0.1) is 13.2 Å². The van der Waals surface area contributed by atoms with Gasteiger partial charge in [-0.3, -0.25) is 0 Å². The lowest BCUT2D eigenvalue weighted by Gasteiger charge is -2.23. The SMILES string of the molecule is Cl.Nc1cccc(OC2CCOCC2)c1. The topological polar surface area (TPSA) is 44.5 Å². The zero-order chi connectivity index (χ0) is 9.80. The summed E-state index contributed by atoms with van der Waals surface area (Å²) < 4.78 is 11.0. The van der Waals surface area contributed by atoms with Crippen molar-refractivity contribution in [3.8, 4) is 5.75 Å². The van der Waals surface area contributed by atoms with Crippen molar-refractivity contribution < 1.29 is 9.47 Å². The van der Waals surface area contributed by atoms with E-state index in [1.807, 2.05) is 24.3 Å². The van der Waals surface area contributed by atoms with Crippen molar-refractivity contribution in [2.45, 2.75) is 18.9 Å². The van der Waals surface area contributed by atoms with Crippen LogP contribution < -0.4 is 10.5 Å². The molecule has 0 radical (unpaired) electrons. The van der Waals surface area contributed by atoms with E-state index in [1.165, 1.54) is 0 Å². The summed E-state index contributed by atoms with van der Waals surface area (Å²) >= 11 is 0. The van der Waals surface area contributed by atoms with Gasteiger partial charge in [0.15, 0.2) is 0 Å². The molecule has 1 aromatic rings. The minimum absolute atomic E-state index is 0. The molecule has 1 saturated heterocycles. The van der Waals surface area contributed by atoms with Crippen molar-refractivity contribution in [3.05, 3.63) is 24.3 Å². The molecule has 1 aromatic carbocycles. The highest BCUT2D eigenvalue weighted by Gasteiger charge is 2.14. The lowest BCUT2D eigenvalue weighted by molar-refractivity contribution is 0.0256. The number of nitrogens with two attached hydrogens (primary N) is 1. The van der Waals surface area contributed by atoms with E-state index in [-0.39, 0.29) is 18.5 Å². The first kappa shape index (κ1) is 12.1. The first-order valence-electron chi connectivity index (χ1n) is 4.94. The van der Waals surface area contributed by atoms with Crippen molar-refractivity contribution in [1.82, 2.24) is 0 Å². The Morgan fingerprint density at radius 2 is 2.00 bits per heavy atom. The van der Waals surface area contributed by atoms with Crippen molar-refractivity contribution in [2.75, 3.05) is 18.9 Å². The van der Waals surface area contributed by atoms with Gasteiger partial charge in [-0.25, -0.2) is 0 Å². The first-order chi connectivity index (χ1) is 6.84. The van der Waals surface area contributed by atoms with Crippen molar-refractivity contribution in [2.24, 2.45) is 0 Å². The molecule has 2 rings (SSSR count). The molecular weight excluding hydrogens is 214 g/mol. The predicted octanol–water partition coefficient (Wildman–Crippen LogP) is 2.25. The Morgan fingerprint density at radius 3 is 2.67 bits per heavy atom. The maximum absolute atomic E-state index is 5.78. The van der Waals surface area contributed by atoms with Crippen LogP contribution in [0.3, 0.4) is 0 Å². The normalized spacial score (nSPS) is 16.8. The van der Waals surface area contributed by atoms with Gasteiger partial charge >= 0.3 is 0 Å². The molecule has 0 spiro atoms. The second-order valence-electron chi connectivity index (χ2n) is 3.50. The summed E-state index contributed by atoms with van der Waals surface area (Å²) in [6, 6.07) is 7.56. The van der Waals surface area contributed by atoms with Gasteiger partial charge in [0.1, 0.15) is 11.9 Å². The number of ether oxygens (including phenoxy) is 2. The fourth-order valence-electron chi connectivity index (χ4n) is 1.57. The van der Waals surface area contributed by atoms with E-state index in [0.29, 0.717) is 0 Å². The molecule has 2 N–H and O–H groups in total. The van der Waals surface area contributed by atoms with E-state index < -0.39 is 0 Å². The molecule has 1 aliphatic rings. The molecule has 1 fully saturated rings. The number of hydrogen-bond acceptors (Lipinski definition) is 3. The van der Waals surface area contributed by atoms with Crippen molar-refractivity contribution >= 4 is 18.1 Å². The number of halogens is 1. The van der Waals surface area contributed by atoms with E-state index in [4.69, 9.17) is 15.2 Å². The molecule has 0 amide bonds. The third-order valence-electron chi connectivity index (χ3n) is 2.33. The van der Waals surface area contributed by atoms with Gasteiger partial charge < -0.3 is 15.2 Å². The highest BCUT2D eigenvalue weighted by atomic mass is 35.5. The average molecular weight is 230 g/mol. The van der Waals surface area contributed by atoms with Gasteiger partial charge in [-0.1, -0.05) is 6.07 Å². The molecule has 0 saturated carbocycles. The molecule has 0 unspecified atom stereocenters. The van der Waals surface area contributed by atoms with Gasteiger partial charge in [0, 0.05) is 24.6 Å². The monoisotopic (exact) mass is 229 g/mol. The van der Waals surface area contributed by atoms with Gasteiger partial charge in [-0.15, -0.1) is 12.4 Å². The minimum Gasteiger partial charge on any atom is -0.490 e. The van der Waals surface area contributed by atoms with E-state index in [1.54, 1.807) is 0 Å². The zero-order valence-electron chi connectivity index (χ0n) is 8.52. The Bertz CT molecular complexity index is 300. The third-order valence-corrected chi connectivity index (χ3v) is 2.33. The summed E-state index contributed by atoms with van der Waals surface area (Å²) in [6.07, 6.45) is 2.22. The minimum atomic E-state index is 0. The van der Waals surface area contributed by atoms with Gasteiger partial charge in [0.2, 0.25) is 0 Å². The molecule has 0 aliphatic carbocycles. The largest absolute Gasteiger partial charge is 0.490 e. The summed E-state index contributed by atoms with van der Waals surface area (Å²) in [5, 5.41) is 0. The van der Waals surface area contributed by atoms with Crippen molar-refractivity contribution in [3.63, 3.8) is 0 Å². The Morgan fingerprint density at radius 1 is 1.27 bits per heavy atom. The number of hydrogen-bond donors (Lipinski definition) is 1. The number of rotatable bonds is 2. The molecule has 0 atom stereocenters. The Balaban J connectivity index is 0.00000112. The van der Waals surface area contributed by atoms with Crippen LogP contribution in [-0.4, -0.2) is 19.3 Å². The zero-order valence-corrected chi connectivity index (χ0v) is 9.33. The van der Waals surface area contributed by atoms with Crippen LogP contribution in [0.25, 0.3) is 0 Å². The van der Waals surface area contributed by atoms with Crippen LogP contribution >= 0.6 is 12.4 Å². The van der Waals surface area contributed by atoms with Crippen LogP contribution in [0.5, 0.6) is 5.75 Å². The predicted molar refractivity (Wildman–Crippen MR) is 62.6 cm³/mol. The number of nitrogen functional groups attached to an aromatic ring is 1. The van der Waals surface area contributed by atoms with Crippen LogP contribution in [-0.2, 0) is 4.74 Å². The Hall–Kier alpha value is -0.930. The van der Waals surface area contributed by atoms with Crippen LogP contribution in [0.4, 0.5) is 5.69 Å². The maximum Gasteiger partial charge on any atom is 0.121 e. The summed E-state index contributed by atoms with van der Waals surface area (Å²) in [5.74, 6) is 0.858. The van der Waals surface area contributed by atoms with Crippen LogP contribution in [0.15, 0.2) is 24.3 Å². The summed E-state index contributed by atoms with van der Waals surface area (Å²) in [7, 11) is 0. The molecule has 15 heavy (non-hydrogen) atoms. The quantitative estimate of drug-likeness (QED) is 0.792. The fourth-order valence-corrected chi connectivity index (χ4v) is 1.57. The molecule has 0 bridgehead atoms. The van der Waals surface area contributed by atoms with Gasteiger partial charge in [-0.2, -0.15) is 0 Å². The van der Waals surface area contributed by atoms with Crippen molar-refractivity contribution in [1.29, 1.82) is 0 Å². The standard InChI is InChI=1S/C11H15NO2.ClH/c12-9-2-1-3-11(8-9)14-10-4-6-13-7-5-10;/h1-3,8,10H,4-7,12H2;1H. The van der Waals surface area contributed by atoms with Gasteiger partial charge in [0.25, 0.3) is 0 Å². The highest BCUT2D eigenvalue weighted by Crippen LogP contribution is 2.19. The first-order valence-corrected chi connectivity index (χ1v) is 4.94. The summed E-state index contributed by atoms with van der Waals surface area (Å²) in [6.45, 7) is 1.60. The summed E-state index contributed by atoms with van der Waals surface area (Å²) in [5.41, 5.74) is 6.40. The molecule has 3 nitrogen and oxygen atoms in total. The Labute approximate surface area is 96.0 Å². The third kappa shape index (κ3) is 3.61. The van der Waals surface area contributed by atoms with Gasteiger partial charge in [-0.05, 0) is 12.1 Å². The summed E-state index contributed by atoms with van der Waals surface area (Å²) in [4.78, 5) is 0. The fraction of sp³-hybridized carbons (Fsp3) is 0.455. The smallest absolute Gasteiger partial charge is 0.121 e. The molecular formula is C11H16ClNO2. The second kappa shape index (κ2) is 5.83. The Kier molecular flexibility index (Phi) is 4.72. The van der Waals surface area contributed by atoms with E-state index >= 15 is 0 Å². The number of anilines is 1. The molecule has 0 aromatic heterocycles. The average Bonchev–Trinajstić information content (AvgIpc) is 2.19. The molecule has 1 aliphatic heterocycles. The molecule has 4 heteroatoms. The lowest BCUT2D eigenvalue weighted by Crippen LogP contribution is -2.25. The van der Waals surface area contributed by atoms with E-state index in [2.05, 4.69) is 0 Å². The van der Waals surface area contributed by atoms with Crippen LogP contribution in [0.1, 0.15) is 12.8 Å². The number of benzene rings is 1. The highest BCUT2D eigenvalue weighted by molar-refractivity contribution is 5.85. The molecule has 1 heterocycles. The van der Waals surface area contributed by atoms with Crippen LogP contribution in [0.2, 0.25) is 0 Å². The molecule has 84 valence electrons. The van der Waals surface area contributed by atoms with E-state index in [0.717, 1.165) is 37.5 Å². The maximum atomic E-state index is 5.78. The van der Waals surface area contributed by atoms with E-state index in [9.17, 15) is 0 Å². The second-order valence-corrected chi connectivity index (χ2v) is 3.50. The van der Waals surface area contributed by atoms with Crippen LogP contribution in [0, 0.1) is 0 Å².